The maximum absolute atomic E-state index is 14.6. The Labute approximate surface area is 296 Å². The van der Waals surface area contributed by atoms with Gasteiger partial charge in [0.1, 0.15) is 23.8 Å². The first-order valence-electron chi connectivity index (χ1n) is 18.6. The van der Waals surface area contributed by atoms with E-state index in [0.29, 0.717) is 19.4 Å². The van der Waals surface area contributed by atoms with E-state index in [0.717, 1.165) is 51.4 Å². The zero-order valence-electron chi connectivity index (χ0n) is 30.6. The standard InChI is InChI=1S/C37H57N7O6/c1-7-13-26(30(45)35(49)40-22(3)8-2)41-34(48)29-25-17-12-16-24(25)21-44(29)36(50)31(37(4,5)6)43-33(47)28(23-14-10-9-11-15-23)42-32(46)27-20-38-18-19-39-27/h18-20,22-26,28-29,31H,7-17,21H2,1-6H3,(H,40,49)(H,41,48)(H,42,46)(H,43,47)/t22?,24-,25-,26-,28?,29?,31+/m0/s1. The molecule has 3 aliphatic rings. The molecule has 276 valence electrons. The Bertz CT molecular complexity index is 1380. The van der Waals surface area contributed by atoms with Crippen molar-refractivity contribution in [1.29, 1.82) is 0 Å². The number of likely N-dealkylation sites (tertiary alicyclic amines) is 1. The van der Waals surface area contributed by atoms with Crippen LogP contribution in [0.2, 0.25) is 0 Å². The van der Waals surface area contributed by atoms with Crippen molar-refractivity contribution in [2.24, 2.45) is 23.2 Å². The average molecular weight is 696 g/mol. The third-order valence-corrected chi connectivity index (χ3v) is 10.8. The van der Waals surface area contributed by atoms with Crippen molar-refractivity contribution >= 4 is 35.3 Å². The second kappa shape index (κ2) is 17.4. The van der Waals surface area contributed by atoms with Gasteiger partial charge in [0, 0.05) is 25.0 Å². The maximum atomic E-state index is 14.6. The van der Waals surface area contributed by atoms with Crippen molar-refractivity contribution in [3.8, 4) is 0 Å². The molecule has 2 aliphatic carbocycles. The summed E-state index contributed by atoms with van der Waals surface area (Å²) < 4.78 is 0. The second-order valence-electron chi connectivity index (χ2n) is 15.5. The Morgan fingerprint density at radius 2 is 1.62 bits per heavy atom. The summed E-state index contributed by atoms with van der Waals surface area (Å²) in [6.07, 6.45) is 12.8. The SMILES string of the molecule is CCC[C@H](NC(=O)C1[C@H]2CCC[C@H]2CN1C(=O)[C@@H](NC(=O)C(NC(=O)c1cnccn1)C1CCCCC1)C(C)(C)C)C(=O)C(=O)NC(C)CC. The van der Waals surface area contributed by atoms with Crippen LogP contribution in [0.5, 0.6) is 0 Å². The number of hydrogen-bond donors (Lipinski definition) is 4. The summed E-state index contributed by atoms with van der Waals surface area (Å²) in [5.74, 6) is -3.33. The van der Waals surface area contributed by atoms with Gasteiger partial charge in [-0.25, -0.2) is 4.98 Å². The third-order valence-electron chi connectivity index (χ3n) is 10.8. The number of ketones is 1. The lowest BCUT2D eigenvalue weighted by molar-refractivity contribution is -0.146. The summed E-state index contributed by atoms with van der Waals surface area (Å²) in [6.45, 7) is 11.5. The van der Waals surface area contributed by atoms with Crippen LogP contribution >= 0.6 is 0 Å². The van der Waals surface area contributed by atoms with E-state index < -0.39 is 59.0 Å². The van der Waals surface area contributed by atoms with Crippen LogP contribution in [-0.2, 0) is 24.0 Å². The van der Waals surface area contributed by atoms with E-state index in [-0.39, 0.29) is 41.8 Å². The molecule has 1 aromatic rings. The van der Waals surface area contributed by atoms with Crippen LogP contribution < -0.4 is 21.3 Å². The summed E-state index contributed by atoms with van der Waals surface area (Å²) in [4.78, 5) is 91.7. The van der Waals surface area contributed by atoms with Gasteiger partial charge in [-0.3, -0.25) is 33.8 Å². The smallest absolute Gasteiger partial charge is 0.289 e. The molecule has 1 aliphatic heterocycles. The Morgan fingerprint density at radius 1 is 0.900 bits per heavy atom. The summed E-state index contributed by atoms with van der Waals surface area (Å²) in [7, 11) is 0. The highest BCUT2D eigenvalue weighted by atomic mass is 16.2. The van der Waals surface area contributed by atoms with Crippen molar-refractivity contribution in [3.63, 3.8) is 0 Å². The van der Waals surface area contributed by atoms with Gasteiger partial charge in [0.25, 0.3) is 11.8 Å². The predicted molar refractivity (Wildman–Crippen MR) is 187 cm³/mol. The number of rotatable bonds is 14. The minimum Gasteiger partial charge on any atom is -0.347 e. The minimum absolute atomic E-state index is 0.0946. The van der Waals surface area contributed by atoms with E-state index in [9.17, 15) is 28.8 Å². The Kier molecular flexibility index (Phi) is 13.5. The topological polar surface area (TPSA) is 180 Å². The van der Waals surface area contributed by atoms with Gasteiger partial charge in [-0.2, -0.15) is 0 Å². The molecule has 2 saturated carbocycles. The molecule has 2 heterocycles. The fourth-order valence-corrected chi connectivity index (χ4v) is 7.78. The summed E-state index contributed by atoms with van der Waals surface area (Å²) in [5, 5.41) is 11.5. The number of Topliss-reactive ketones (excluding diaryl/α,β-unsaturated/α-hetero) is 1. The second-order valence-corrected chi connectivity index (χ2v) is 15.5. The number of nitrogens with zero attached hydrogens (tertiary/aromatic N) is 3. The molecular formula is C37H57N7O6. The number of carbonyl (C=O) groups excluding carboxylic acids is 6. The lowest BCUT2D eigenvalue weighted by atomic mass is 9.82. The molecule has 1 aromatic heterocycles. The largest absolute Gasteiger partial charge is 0.347 e. The maximum Gasteiger partial charge on any atom is 0.289 e. The fraction of sp³-hybridized carbons (Fsp3) is 0.730. The number of hydrogen-bond acceptors (Lipinski definition) is 8. The zero-order valence-corrected chi connectivity index (χ0v) is 30.6. The van der Waals surface area contributed by atoms with Gasteiger partial charge in [-0.15, -0.1) is 0 Å². The van der Waals surface area contributed by atoms with E-state index in [1.165, 1.54) is 18.6 Å². The predicted octanol–water partition coefficient (Wildman–Crippen LogP) is 3.08. The number of carbonyl (C=O) groups is 6. The van der Waals surface area contributed by atoms with Gasteiger partial charge < -0.3 is 26.2 Å². The summed E-state index contributed by atoms with van der Waals surface area (Å²) in [6, 6.07) is -3.93. The van der Waals surface area contributed by atoms with Crippen molar-refractivity contribution in [1.82, 2.24) is 36.1 Å². The molecule has 50 heavy (non-hydrogen) atoms. The lowest BCUT2D eigenvalue weighted by Gasteiger charge is -2.38. The monoisotopic (exact) mass is 695 g/mol. The van der Waals surface area contributed by atoms with Gasteiger partial charge >= 0.3 is 0 Å². The summed E-state index contributed by atoms with van der Waals surface area (Å²) >= 11 is 0. The first-order chi connectivity index (χ1) is 23.8. The number of amides is 5. The third kappa shape index (κ3) is 9.45. The van der Waals surface area contributed by atoms with E-state index in [2.05, 4.69) is 31.2 Å². The Morgan fingerprint density at radius 3 is 2.24 bits per heavy atom. The fourth-order valence-electron chi connectivity index (χ4n) is 7.78. The first kappa shape index (κ1) is 38.9. The van der Waals surface area contributed by atoms with Crippen molar-refractivity contribution in [2.45, 2.75) is 142 Å². The van der Waals surface area contributed by atoms with E-state index in [1.807, 2.05) is 41.5 Å². The number of nitrogens with one attached hydrogen (secondary N) is 4. The highest BCUT2D eigenvalue weighted by molar-refractivity contribution is 6.38. The van der Waals surface area contributed by atoms with E-state index in [4.69, 9.17) is 0 Å². The minimum atomic E-state index is -1.01. The molecule has 0 aromatic carbocycles. The van der Waals surface area contributed by atoms with Crippen molar-refractivity contribution in [2.75, 3.05) is 6.54 Å². The molecule has 4 rings (SSSR count). The molecule has 4 N–H and O–H groups in total. The lowest BCUT2D eigenvalue weighted by Crippen LogP contribution is -2.62. The number of fused-ring (bicyclic) bond motifs is 1. The molecule has 13 heteroatoms. The Hall–Kier alpha value is -3.90. The van der Waals surface area contributed by atoms with E-state index >= 15 is 0 Å². The normalized spacial score (nSPS) is 23.2. The van der Waals surface area contributed by atoms with Crippen LogP contribution in [0.4, 0.5) is 0 Å². The van der Waals surface area contributed by atoms with Crippen LogP contribution in [0, 0.1) is 23.2 Å². The van der Waals surface area contributed by atoms with Crippen LogP contribution in [0.3, 0.4) is 0 Å². The molecule has 3 fully saturated rings. The molecule has 1 saturated heterocycles. The Balaban J connectivity index is 1.57. The van der Waals surface area contributed by atoms with Crippen molar-refractivity contribution < 1.29 is 28.8 Å². The first-order valence-corrected chi connectivity index (χ1v) is 18.6. The van der Waals surface area contributed by atoms with Gasteiger partial charge in [-0.1, -0.05) is 66.7 Å². The molecule has 5 amide bonds. The average Bonchev–Trinajstić information content (AvgIpc) is 3.70. The van der Waals surface area contributed by atoms with Crippen LogP contribution in [0.15, 0.2) is 18.6 Å². The summed E-state index contributed by atoms with van der Waals surface area (Å²) in [5.41, 5.74) is -0.647. The van der Waals surface area contributed by atoms with Crippen LogP contribution in [0.25, 0.3) is 0 Å². The van der Waals surface area contributed by atoms with E-state index in [1.54, 1.807) is 4.90 Å². The molecule has 3 unspecified atom stereocenters. The van der Waals surface area contributed by atoms with Gasteiger partial charge in [0.05, 0.1) is 12.2 Å². The van der Waals surface area contributed by atoms with Crippen molar-refractivity contribution in [3.05, 3.63) is 24.3 Å². The van der Waals surface area contributed by atoms with Crippen LogP contribution in [0.1, 0.15) is 123 Å². The van der Waals surface area contributed by atoms with Gasteiger partial charge in [-0.05, 0) is 68.6 Å². The van der Waals surface area contributed by atoms with Crippen LogP contribution in [-0.4, -0.2) is 86.9 Å². The molecule has 0 spiro atoms. The molecular weight excluding hydrogens is 638 g/mol. The quantitative estimate of drug-likeness (QED) is 0.215. The zero-order chi connectivity index (χ0) is 36.6. The highest BCUT2D eigenvalue weighted by Crippen LogP contribution is 2.43. The molecule has 0 radical (unpaired) electrons. The molecule has 7 atom stereocenters. The number of aromatic nitrogens is 2. The molecule has 13 nitrogen and oxygen atoms in total. The highest BCUT2D eigenvalue weighted by Gasteiger charge is 2.52. The molecule has 0 bridgehead atoms. The van der Waals surface area contributed by atoms with Gasteiger partial charge in [0.15, 0.2) is 0 Å². The van der Waals surface area contributed by atoms with Gasteiger partial charge in [0.2, 0.25) is 23.5 Å².